The van der Waals surface area contributed by atoms with E-state index in [-0.39, 0.29) is 12.5 Å². The highest BCUT2D eigenvalue weighted by Crippen LogP contribution is 2.51. The van der Waals surface area contributed by atoms with Gasteiger partial charge in [0.05, 0.1) is 6.42 Å². The number of nitrogens with one attached hydrogen (secondary N) is 2. The van der Waals surface area contributed by atoms with Gasteiger partial charge in [0.15, 0.2) is 0 Å². The van der Waals surface area contributed by atoms with Gasteiger partial charge in [0, 0.05) is 12.5 Å². The van der Waals surface area contributed by atoms with Crippen molar-refractivity contribution in [1.82, 2.24) is 10.6 Å². The lowest BCUT2D eigenvalue weighted by Gasteiger charge is -2.23. The molecule has 0 spiro atoms. The molecule has 2 aromatic rings. The topological polar surface area (TPSA) is 105 Å². The first-order valence-corrected chi connectivity index (χ1v) is 12.1. The molecular formula is C27H30N2O5. The standard InChI is InChI=1S/C27H30N2O5/c30-25(31)13-24(26(32)28-14-16-9-10-17-12-18(17)11-16)29-27(33)34-15-23-21-7-3-1-5-19(21)20-6-2-4-8-22(20)23/h1-8,16-18,23-24H,9-15H2,(H,28,32)(H,29,33)(H,30,31). The van der Waals surface area contributed by atoms with Crippen LogP contribution in [0.5, 0.6) is 0 Å². The van der Waals surface area contributed by atoms with Crippen molar-refractivity contribution in [3.63, 3.8) is 0 Å². The fraction of sp³-hybridized carbons (Fsp3) is 0.444. The number of carboxylic acid groups (broad SMARTS) is 1. The number of aliphatic carboxylic acids is 1. The van der Waals surface area contributed by atoms with Crippen LogP contribution in [0.4, 0.5) is 4.79 Å². The Kier molecular flexibility index (Phi) is 6.26. The molecule has 2 fully saturated rings. The number of rotatable bonds is 8. The maximum Gasteiger partial charge on any atom is 0.407 e. The summed E-state index contributed by atoms with van der Waals surface area (Å²) < 4.78 is 5.49. The van der Waals surface area contributed by atoms with Crippen LogP contribution < -0.4 is 10.6 Å². The maximum atomic E-state index is 12.7. The Morgan fingerprint density at radius 1 is 0.941 bits per heavy atom. The summed E-state index contributed by atoms with van der Waals surface area (Å²) >= 11 is 0. The van der Waals surface area contributed by atoms with Crippen molar-refractivity contribution in [1.29, 1.82) is 0 Å². The average Bonchev–Trinajstić information content (AvgIpc) is 3.54. The second kappa shape index (κ2) is 9.49. The van der Waals surface area contributed by atoms with Gasteiger partial charge < -0.3 is 20.5 Å². The van der Waals surface area contributed by atoms with Crippen molar-refractivity contribution in [3.05, 3.63) is 59.7 Å². The van der Waals surface area contributed by atoms with Crippen LogP contribution in [0.2, 0.25) is 0 Å². The molecule has 178 valence electrons. The summed E-state index contributed by atoms with van der Waals surface area (Å²) in [6, 6.07) is 14.9. The van der Waals surface area contributed by atoms with E-state index in [1.54, 1.807) is 0 Å². The highest BCUT2D eigenvalue weighted by atomic mass is 16.5. The Morgan fingerprint density at radius 2 is 1.62 bits per heavy atom. The third kappa shape index (κ3) is 4.79. The molecule has 4 atom stereocenters. The molecule has 2 amide bonds. The number of amides is 2. The highest BCUT2D eigenvalue weighted by molar-refractivity contribution is 5.89. The van der Waals surface area contributed by atoms with E-state index in [9.17, 15) is 19.5 Å². The van der Waals surface area contributed by atoms with Crippen molar-refractivity contribution in [2.45, 2.75) is 44.1 Å². The van der Waals surface area contributed by atoms with E-state index >= 15 is 0 Å². The predicted molar refractivity (Wildman–Crippen MR) is 126 cm³/mol. The van der Waals surface area contributed by atoms with Crippen molar-refractivity contribution < 1.29 is 24.2 Å². The van der Waals surface area contributed by atoms with Crippen molar-refractivity contribution in [2.24, 2.45) is 17.8 Å². The monoisotopic (exact) mass is 462 g/mol. The van der Waals surface area contributed by atoms with Gasteiger partial charge in [-0.05, 0) is 65.7 Å². The van der Waals surface area contributed by atoms with Gasteiger partial charge in [-0.1, -0.05) is 48.5 Å². The first-order valence-electron chi connectivity index (χ1n) is 12.1. The molecule has 0 aliphatic heterocycles. The predicted octanol–water partition coefficient (Wildman–Crippen LogP) is 3.92. The summed E-state index contributed by atoms with van der Waals surface area (Å²) in [5, 5.41) is 14.6. The third-order valence-electron chi connectivity index (χ3n) is 7.55. The Balaban J connectivity index is 1.18. The highest BCUT2D eigenvalue weighted by Gasteiger charge is 2.42. The molecule has 3 aliphatic rings. The summed E-state index contributed by atoms with van der Waals surface area (Å²) in [5.41, 5.74) is 4.41. The number of fused-ring (bicyclic) bond motifs is 4. The molecule has 2 saturated carbocycles. The van der Waals surface area contributed by atoms with Crippen molar-refractivity contribution >= 4 is 18.0 Å². The fourth-order valence-electron chi connectivity index (χ4n) is 5.67. The Morgan fingerprint density at radius 3 is 2.26 bits per heavy atom. The minimum atomic E-state index is -1.18. The van der Waals surface area contributed by atoms with Crippen LogP contribution >= 0.6 is 0 Å². The number of carbonyl (C=O) groups is 3. The second-order valence-corrected chi connectivity index (χ2v) is 9.80. The molecule has 5 rings (SSSR count). The van der Waals surface area contributed by atoms with E-state index in [1.807, 2.05) is 36.4 Å². The molecule has 4 unspecified atom stereocenters. The summed E-state index contributed by atoms with van der Waals surface area (Å²) in [6.07, 6.45) is 3.43. The molecule has 2 aromatic carbocycles. The fourth-order valence-corrected chi connectivity index (χ4v) is 5.67. The summed E-state index contributed by atoms with van der Waals surface area (Å²) in [4.78, 5) is 36.6. The van der Waals surface area contributed by atoms with Gasteiger partial charge in [0.25, 0.3) is 0 Å². The van der Waals surface area contributed by atoms with E-state index in [2.05, 4.69) is 22.8 Å². The Bertz CT molecular complexity index is 1050. The average molecular weight is 463 g/mol. The normalized spacial score (nSPS) is 23.1. The smallest absolute Gasteiger partial charge is 0.407 e. The lowest BCUT2D eigenvalue weighted by Crippen LogP contribution is -2.49. The molecule has 34 heavy (non-hydrogen) atoms. The van der Waals surface area contributed by atoms with Gasteiger partial charge in [0.1, 0.15) is 12.6 Å². The van der Waals surface area contributed by atoms with Crippen molar-refractivity contribution in [3.8, 4) is 11.1 Å². The summed E-state index contributed by atoms with van der Waals surface area (Å²) in [5.74, 6) is 0.355. The Hall–Kier alpha value is -3.35. The molecule has 7 nitrogen and oxygen atoms in total. The molecule has 0 radical (unpaired) electrons. The first kappa shape index (κ1) is 22.4. The number of alkyl carbamates (subject to hydrolysis) is 1. The van der Waals surface area contributed by atoms with E-state index in [0.29, 0.717) is 12.5 Å². The van der Waals surface area contributed by atoms with Crippen LogP contribution in [0.1, 0.15) is 49.1 Å². The van der Waals surface area contributed by atoms with E-state index in [0.717, 1.165) is 46.9 Å². The zero-order valence-corrected chi connectivity index (χ0v) is 19.0. The quantitative estimate of drug-likeness (QED) is 0.552. The molecule has 0 heterocycles. The number of ether oxygens (including phenoxy) is 1. The number of carboxylic acids is 1. The lowest BCUT2D eigenvalue weighted by molar-refractivity contribution is -0.139. The van der Waals surface area contributed by atoms with Crippen LogP contribution in [0.3, 0.4) is 0 Å². The van der Waals surface area contributed by atoms with E-state index in [1.165, 1.54) is 12.8 Å². The molecule has 0 bridgehead atoms. The van der Waals surface area contributed by atoms with Gasteiger partial charge in [-0.3, -0.25) is 9.59 Å². The summed E-state index contributed by atoms with van der Waals surface area (Å²) in [6.45, 7) is 0.621. The Labute approximate surface area is 198 Å². The number of hydrogen-bond acceptors (Lipinski definition) is 4. The summed E-state index contributed by atoms with van der Waals surface area (Å²) in [7, 11) is 0. The third-order valence-corrected chi connectivity index (χ3v) is 7.55. The van der Waals surface area contributed by atoms with Crippen LogP contribution in [-0.2, 0) is 14.3 Å². The number of benzene rings is 2. The molecule has 0 aromatic heterocycles. The van der Waals surface area contributed by atoms with Crippen LogP contribution in [0, 0.1) is 17.8 Å². The van der Waals surface area contributed by atoms with Crippen LogP contribution in [-0.4, -0.2) is 42.3 Å². The maximum absolute atomic E-state index is 12.7. The molecule has 3 N–H and O–H groups in total. The molecule has 7 heteroatoms. The van der Waals surface area contributed by atoms with Gasteiger partial charge in [-0.25, -0.2) is 4.79 Å². The van der Waals surface area contributed by atoms with Crippen LogP contribution in [0.25, 0.3) is 11.1 Å². The zero-order chi connectivity index (χ0) is 23.7. The molecular weight excluding hydrogens is 432 g/mol. The number of hydrogen-bond donors (Lipinski definition) is 3. The first-order chi connectivity index (χ1) is 16.5. The second-order valence-electron chi connectivity index (χ2n) is 9.80. The largest absolute Gasteiger partial charge is 0.481 e. The number of carbonyl (C=O) groups excluding carboxylic acids is 2. The molecule has 0 saturated heterocycles. The van der Waals surface area contributed by atoms with Gasteiger partial charge in [-0.2, -0.15) is 0 Å². The van der Waals surface area contributed by atoms with E-state index in [4.69, 9.17) is 4.74 Å². The minimum Gasteiger partial charge on any atom is -0.481 e. The van der Waals surface area contributed by atoms with Crippen LogP contribution in [0.15, 0.2) is 48.5 Å². The van der Waals surface area contributed by atoms with Crippen molar-refractivity contribution in [2.75, 3.05) is 13.2 Å². The lowest BCUT2D eigenvalue weighted by atomic mass is 9.89. The van der Waals surface area contributed by atoms with E-state index < -0.39 is 30.4 Å². The molecule has 3 aliphatic carbocycles. The van der Waals surface area contributed by atoms with Gasteiger partial charge in [-0.15, -0.1) is 0 Å². The SMILES string of the molecule is O=C(O)CC(NC(=O)OCC1c2ccccc2-c2ccccc21)C(=O)NCC1CCC2CC2C1. The zero-order valence-electron chi connectivity index (χ0n) is 19.0. The minimum absolute atomic E-state index is 0.103. The van der Waals surface area contributed by atoms with Gasteiger partial charge in [0.2, 0.25) is 5.91 Å². The van der Waals surface area contributed by atoms with Gasteiger partial charge >= 0.3 is 12.1 Å².